The third-order valence-electron chi connectivity index (χ3n) is 7.43. The van der Waals surface area contributed by atoms with E-state index in [1.165, 1.54) is 46.0 Å². The van der Waals surface area contributed by atoms with Gasteiger partial charge in [0.05, 0.1) is 24.0 Å². The standard InChI is InChI=1S/C28H27FN6O4/c29-20-5-3-18(4-6-20)25(36)32-21-7-9-22(10-8-21)35-24-23(15-31-35)27(38)34(17-30-24)16-28(39)11-13-33(14-12-28)26(37)19-1-2-19/h3-10,15,17,19,39H,1-2,11-14,16H2,(H,32,36). The maximum Gasteiger partial charge on any atom is 0.264 e. The van der Waals surface area contributed by atoms with Crippen molar-refractivity contribution in [3.8, 4) is 5.69 Å². The van der Waals surface area contributed by atoms with Crippen LogP contribution in [0.15, 0.2) is 65.8 Å². The summed E-state index contributed by atoms with van der Waals surface area (Å²) in [6.07, 6.45) is 5.57. The Morgan fingerprint density at radius 2 is 1.74 bits per heavy atom. The Hall–Kier alpha value is -4.38. The molecule has 2 fully saturated rings. The maximum atomic E-state index is 13.2. The summed E-state index contributed by atoms with van der Waals surface area (Å²) in [5.41, 5.74) is 0.485. The molecule has 0 atom stereocenters. The minimum Gasteiger partial charge on any atom is -0.388 e. The molecule has 2 aromatic carbocycles. The van der Waals surface area contributed by atoms with Crippen molar-refractivity contribution in [3.05, 3.63) is 82.8 Å². The lowest BCUT2D eigenvalue weighted by Gasteiger charge is -2.38. The van der Waals surface area contributed by atoms with Crippen LogP contribution in [0.1, 0.15) is 36.0 Å². The molecule has 2 aromatic heterocycles. The van der Waals surface area contributed by atoms with Gasteiger partial charge in [0.15, 0.2) is 5.65 Å². The molecule has 10 nitrogen and oxygen atoms in total. The molecule has 3 heterocycles. The molecule has 1 aliphatic heterocycles. The molecule has 1 saturated carbocycles. The number of rotatable bonds is 6. The molecule has 2 N–H and O–H groups in total. The van der Waals surface area contributed by atoms with Crippen LogP contribution in [0, 0.1) is 11.7 Å². The Morgan fingerprint density at radius 1 is 1.05 bits per heavy atom. The molecule has 0 unspecified atom stereocenters. The number of aromatic nitrogens is 4. The second kappa shape index (κ2) is 9.73. The Morgan fingerprint density at radius 3 is 2.41 bits per heavy atom. The van der Waals surface area contributed by atoms with Crippen LogP contribution >= 0.6 is 0 Å². The molecule has 1 aliphatic carbocycles. The minimum absolute atomic E-state index is 0.0911. The third-order valence-corrected chi connectivity index (χ3v) is 7.43. The van der Waals surface area contributed by atoms with E-state index in [-0.39, 0.29) is 29.8 Å². The summed E-state index contributed by atoms with van der Waals surface area (Å²) in [4.78, 5) is 44.2. The zero-order valence-corrected chi connectivity index (χ0v) is 21.1. The summed E-state index contributed by atoms with van der Waals surface area (Å²) in [6, 6.07) is 12.1. The van der Waals surface area contributed by atoms with Crippen molar-refractivity contribution in [1.82, 2.24) is 24.2 Å². The molecule has 4 aromatic rings. The van der Waals surface area contributed by atoms with Gasteiger partial charge in [0.1, 0.15) is 17.5 Å². The van der Waals surface area contributed by atoms with E-state index < -0.39 is 11.4 Å². The number of likely N-dealkylation sites (tertiary alicyclic amines) is 1. The van der Waals surface area contributed by atoms with E-state index in [4.69, 9.17) is 0 Å². The van der Waals surface area contributed by atoms with Gasteiger partial charge in [-0.3, -0.25) is 19.0 Å². The van der Waals surface area contributed by atoms with Crippen LogP contribution in [-0.4, -0.2) is 59.8 Å². The van der Waals surface area contributed by atoms with Gasteiger partial charge in [-0.15, -0.1) is 0 Å². The van der Waals surface area contributed by atoms with Crippen molar-refractivity contribution >= 4 is 28.5 Å². The van der Waals surface area contributed by atoms with Crippen molar-refractivity contribution in [2.24, 2.45) is 5.92 Å². The van der Waals surface area contributed by atoms with E-state index in [0.717, 1.165) is 12.8 Å². The second-order valence-electron chi connectivity index (χ2n) is 10.3. The Kier molecular flexibility index (Phi) is 6.22. The highest BCUT2D eigenvalue weighted by atomic mass is 19.1. The predicted molar refractivity (Wildman–Crippen MR) is 141 cm³/mol. The summed E-state index contributed by atoms with van der Waals surface area (Å²) < 4.78 is 16.0. The first kappa shape index (κ1) is 24.9. The number of nitrogens with one attached hydrogen (secondary N) is 1. The number of benzene rings is 2. The van der Waals surface area contributed by atoms with E-state index in [9.17, 15) is 23.9 Å². The molecule has 0 radical (unpaired) electrons. The monoisotopic (exact) mass is 530 g/mol. The Balaban J connectivity index is 1.15. The van der Waals surface area contributed by atoms with Gasteiger partial charge in [-0.25, -0.2) is 14.1 Å². The first-order chi connectivity index (χ1) is 18.8. The zero-order chi connectivity index (χ0) is 27.1. The fraction of sp³-hybridized carbons (Fsp3) is 0.321. The van der Waals surface area contributed by atoms with Crippen molar-refractivity contribution in [1.29, 1.82) is 0 Å². The predicted octanol–water partition coefficient (Wildman–Crippen LogP) is 2.74. The van der Waals surface area contributed by atoms with Crippen LogP contribution in [0.3, 0.4) is 0 Å². The van der Waals surface area contributed by atoms with Crippen LogP contribution in [0.5, 0.6) is 0 Å². The normalized spacial score (nSPS) is 16.8. The van der Waals surface area contributed by atoms with Crippen molar-refractivity contribution in [2.75, 3.05) is 18.4 Å². The van der Waals surface area contributed by atoms with Crippen LogP contribution in [0.25, 0.3) is 16.7 Å². The molecular weight excluding hydrogens is 503 g/mol. The lowest BCUT2D eigenvalue weighted by Crippen LogP contribution is -2.50. The molecule has 6 rings (SSSR count). The fourth-order valence-corrected chi connectivity index (χ4v) is 4.95. The van der Waals surface area contributed by atoms with Crippen molar-refractivity contribution in [2.45, 2.75) is 37.8 Å². The zero-order valence-electron chi connectivity index (χ0n) is 21.1. The van der Waals surface area contributed by atoms with Gasteiger partial charge in [-0.2, -0.15) is 5.10 Å². The van der Waals surface area contributed by atoms with Gasteiger partial charge in [-0.1, -0.05) is 0 Å². The number of hydrogen-bond acceptors (Lipinski definition) is 6. The number of amides is 2. The minimum atomic E-state index is -1.09. The fourth-order valence-electron chi connectivity index (χ4n) is 4.95. The van der Waals surface area contributed by atoms with E-state index >= 15 is 0 Å². The quantitative estimate of drug-likeness (QED) is 0.395. The lowest BCUT2D eigenvalue weighted by atomic mass is 9.91. The molecular formula is C28H27FN6O4. The summed E-state index contributed by atoms with van der Waals surface area (Å²) in [5.74, 6) is -0.455. The highest BCUT2D eigenvalue weighted by Crippen LogP contribution is 2.33. The number of hydrogen-bond donors (Lipinski definition) is 2. The summed E-state index contributed by atoms with van der Waals surface area (Å²) >= 11 is 0. The average Bonchev–Trinajstić information content (AvgIpc) is 3.70. The largest absolute Gasteiger partial charge is 0.388 e. The summed E-state index contributed by atoms with van der Waals surface area (Å²) in [6.45, 7) is 1.05. The topological polar surface area (TPSA) is 122 Å². The molecule has 2 amide bonds. The first-order valence-electron chi connectivity index (χ1n) is 12.9. The third kappa shape index (κ3) is 5.05. The van der Waals surface area contributed by atoms with Gasteiger partial charge in [0.25, 0.3) is 11.5 Å². The number of fused-ring (bicyclic) bond motifs is 1. The van der Waals surface area contributed by atoms with Gasteiger partial charge in [0.2, 0.25) is 5.91 Å². The number of nitrogens with zero attached hydrogens (tertiary/aromatic N) is 5. The Bertz CT molecular complexity index is 1600. The number of aliphatic hydroxyl groups is 1. The highest BCUT2D eigenvalue weighted by Gasteiger charge is 2.39. The molecule has 0 spiro atoms. The summed E-state index contributed by atoms with van der Waals surface area (Å²) in [7, 11) is 0. The van der Waals surface area contributed by atoms with Gasteiger partial charge >= 0.3 is 0 Å². The number of halogens is 1. The van der Waals surface area contributed by atoms with Crippen LogP contribution in [0.2, 0.25) is 0 Å². The van der Waals surface area contributed by atoms with Gasteiger partial charge in [0, 0.05) is 30.3 Å². The van der Waals surface area contributed by atoms with Gasteiger partial charge in [-0.05, 0) is 74.2 Å². The van der Waals surface area contributed by atoms with E-state index in [0.29, 0.717) is 53.9 Å². The molecule has 2 aliphatic rings. The molecule has 1 saturated heterocycles. The SMILES string of the molecule is O=C(Nc1ccc(-n2ncc3c(=O)n(CC4(O)CCN(C(=O)C5CC5)CC4)cnc32)cc1)c1ccc(F)cc1. The van der Waals surface area contributed by atoms with Crippen molar-refractivity contribution < 1.29 is 19.1 Å². The highest BCUT2D eigenvalue weighted by molar-refractivity contribution is 6.04. The van der Waals surface area contributed by atoms with Crippen LogP contribution in [0.4, 0.5) is 10.1 Å². The van der Waals surface area contributed by atoms with Gasteiger partial charge < -0.3 is 15.3 Å². The van der Waals surface area contributed by atoms with Crippen LogP contribution in [-0.2, 0) is 11.3 Å². The molecule has 11 heteroatoms. The van der Waals surface area contributed by atoms with E-state index in [2.05, 4.69) is 15.4 Å². The molecule has 39 heavy (non-hydrogen) atoms. The number of carbonyl (C=O) groups is 2. The molecule has 200 valence electrons. The molecule has 0 bridgehead atoms. The summed E-state index contributed by atoms with van der Waals surface area (Å²) in [5, 5.41) is 18.6. The smallest absolute Gasteiger partial charge is 0.264 e. The maximum absolute atomic E-state index is 13.2. The van der Waals surface area contributed by atoms with E-state index in [1.54, 1.807) is 24.3 Å². The number of piperidine rings is 1. The number of carbonyl (C=O) groups excluding carboxylic acids is 2. The van der Waals surface area contributed by atoms with Crippen molar-refractivity contribution in [3.63, 3.8) is 0 Å². The van der Waals surface area contributed by atoms with Crippen LogP contribution < -0.4 is 10.9 Å². The van der Waals surface area contributed by atoms with E-state index in [1.807, 2.05) is 4.90 Å². The average molecular weight is 531 g/mol. The Labute approximate surface area is 222 Å². The first-order valence-corrected chi connectivity index (χ1v) is 12.9. The lowest BCUT2D eigenvalue weighted by molar-refractivity contribution is -0.137. The number of anilines is 1. The second-order valence-corrected chi connectivity index (χ2v) is 10.3.